The van der Waals surface area contributed by atoms with E-state index in [1.165, 1.54) is 6.92 Å². The maximum absolute atomic E-state index is 14.0. The van der Waals surface area contributed by atoms with Crippen LogP contribution in [0.5, 0.6) is 0 Å². The number of carbonyl (C=O) groups excluding carboxylic acids is 1. The molecule has 10 heteroatoms. The summed E-state index contributed by atoms with van der Waals surface area (Å²) in [4.78, 5) is 11.3. The van der Waals surface area contributed by atoms with Crippen LogP contribution in [0, 0.1) is 5.82 Å². The number of fused-ring (bicyclic) bond motifs is 1. The second kappa shape index (κ2) is 8.96. The molecule has 2 aromatic carbocycles. The van der Waals surface area contributed by atoms with Crippen LogP contribution in [0.1, 0.15) is 48.9 Å². The van der Waals surface area contributed by atoms with E-state index < -0.39 is 44.4 Å². The Labute approximate surface area is 177 Å². The highest BCUT2D eigenvalue weighted by atomic mass is 32.2. The number of benzene rings is 2. The number of nitrogens with one attached hydrogen (secondary N) is 2. The van der Waals surface area contributed by atoms with Crippen molar-refractivity contribution in [3.05, 3.63) is 65.0 Å². The van der Waals surface area contributed by atoms with E-state index in [-0.39, 0.29) is 18.5 Å². The lowest BCUT2D eigenvalue weighted by Crippen LogP contribution is -2.39. The number of rotatable bonds is 6. The maximum Gasteiger partial charge on any atom is 0.416 e. The Morgan fingerprint density at radius 1 is 1.19 bits per heavy atom. The molecule has 1 amide bonds. The predicted molar refractivity (Wildman–Crippen MR) is 106 cm³/mol. The predicted octanol–water partition coefficient (Wildman–Crippen LogP) is 4.10. The van der Waals surface area contributed by atoms with Crippen molar-refractivity contribution < 1.29 is 30.8 Å². The molecular weight excluding hydrogens is 436 g/mol. The summed E-state index contributed by atoms with van der Waals surface area (Å²) in [5.74, 6) is -1.72. The van der Waals surface area contributed by atoms with Gasteiger partial charge in [0.2, 0.25) is 15.9 Å². The topological polar surface area (TPSA) is 75.3 Å². The molecule has 1 aliphatic carbocycles. The molecule has 31 heavy (non-hydrogen) atoms. The number of alkyl halides is 3. The number of halogens is 4. The average molecular weight is 458 g/mol. The molecule has 2 N–H and O–H groups in total. The van der Waals surface area contributed by atoms with Crippen molar-refractivity contribution in [3.63, 3.8) is 0 Å². The van der Waals surface area contributed by atoms with E-state index in [2.05, 4.69) is 10.0 Å². The minimum atomic E-state index is -4.82. The van der Waals surface area contributed by atoms with E-state index in [0.29, 0.717) is 12.1 Å². The van der Waals surface area contributed by atoms with Gasteiger partial charge in [0.15, 0.2) is 0 Å². The minimum Gasteiger partial charge on any atom is -0.349 e. The summed E-state index contributed by atoms with van der Waals surface area (Å²) in [6.07, 6.45) is -2.50. The summed E-state index contributed by atoms with van der Waals surface area (Å²) in [5.41, 5.74) is 0.879. The molecule has 1 aliphatic rings. The van der Waals surface area contributed by atoms with Gasteiger partial charge >= 0.3 is 6.18 Å². The SMILES string of the molecule is CC(CC(=O)NC1CCCc2ccccc21)NS(=O)(=O)c1cc(C(F)(F)F)ccc1F. The van der Waals surface area contributed by atoms with Crippen molar-refractivity contribution >= 4 is 15.9 Å². The molecule has 0 aliphatic heterocycles. The van der Waals surface area contributed by atoms with Gasteiger partial charge in [-0.2, -0.15) is 13.2 Å². The number of amides is 1. The van der Waals surface area contributed by atoms with E-state index in [0.717, 1.165) is 30.4 Å². The Hall–Kier alpha value is -2.46. The van der Waals surface area contributed by atoms with Crippen LogP contribution < -0.4 is 10.0 Å². The molecular formula is C21H22F4N2O3S. The number of aryl methyl sites for hydroxylation is 1. The monoisotopic (exact) mass is 458 g/mol. The second-order valence-electron chi connectivity index (χ2n) is 7.58. The van der Waals surface area contributed by atoms with E-state index in [1.807, 2.05) is 24.3 Å². The second-order valence-corrected chi connectivity index (χ2v) is 9.26. The molecule has 0 radical (unpaired) electrons. The van der Waals surface area contributed by atoms with Crippen LogP contribution in [0.2, 0.25) is 0 Å². The van der Waals surface area contributed by atoms with Crippen LogP contribution in [0.15, 0.2) is 47.4 Å². The van der Waals surface area contributed by atoms with Gasteiger partial charge < -0.3 is 5.32 Å². The Balaban J connectivity index is 1.67. The molecule has 2 aromatic rings. The van der Waals surface area contributed by atoms with Crippen molar-refractivity contribution in [2.75, 3.05) is 0 Å². The zero-order valence-corrected chi connectivity index (χ0v) is 17.5. The third-order valence-electron chi connectivity index (χ3n) is 5.10. The smallest absolute Gasteiger partial charge is 0.349 e. The lowest BCUT2D eigenvalue weighted by atomic mass is 9.87. The lowest BCUT2D eigenvalue weighted by Gasteiger charge is -2.27. The van der Waals surface area contributed by atoms with Gasteiger partial charge in [-0.1, -0.05) is 24.3 Å². The Morgan fingerprint density at radius 3 is 2.61 bits per heavy atom. The van der Waals surface area contributed by atoms with Crippen molar-refractivity contribution in [1.82, 2.24) is 10.0 Å². The Bertz CT molecular complexity index is 1070. The average Bonchev–Trinajstić information content (AvgIpc) is 2.67. The lowest BCUT2D eigenvalue weighted by molar-refractivity contribution is -0.137. The van der Waals surface area contributed by atoms with Crippen molar-refractivity contribution in [1.29, 1.82) is 0 Å². The number of sulfonamides is 1. The van der Waals surface area contributed by atoms with E-state index in [1.54, 1.807) is 0 Å². The zero-order valence-electron chi connectivity index (χ0n) is 16.7. The quantitative estimate of drug-likeness (QED) is 0.641. The van der Waals surface area contributed by atoms with Crippen LogP contribution in [0.3, 0.4) is 0 Å². The molecule has 5 nitrogen and oxygen atoms in total. The van der Waals surface area contributed by atoms with Crippen molar-refractivity contribution in [3.8, 4) is 0 Å². The summed E-state index contributed by atoms with van der Waals surface area (Å²) in [6, 6.07) is 7.73. The molecule has 0 saturated carbocycles. The molecule has 0 heterocycles. The van der Waals surface area contributed by atoms with E-state index in [4.69, 9.17) is 0 Å². The highest BCUT2D eigenvalue weighted by Crippen LogP contribution is 2.32. The highest BCUT2D eigenvalue weighted by molar-refractivity contribution is 7.89. The van der Waals surface area contributed by atoms with Crippen LogP contribution in [-0.2, 0) is 27.4 Å². The summed E-state index contributed by atoms with van der Waals surface area (Å²) >= 11 is 0. The summed E-state index contributed by atoms with van der Waals surface area (Å²) < 4.78 is 79.5. The van der Waals surface area contributed by atoms with Crippen LogP contribution >= 0.6 is 0 Å². The molecule has 2 atom stereocenters. The molecule has 0 fully saturated rings. The third-order valence-corrected chi connectivity index (χ3v) is 6.71. The molecule has 0 aromatic heterocycles. The van der Waals surface area contributed by atoms with Gasteiger partial charge in [-0.15, -0.1) is 0 Å². The van der Waals surface area contributed by atoms with E-state index >= 15 is 0 Å². The number of hydrogen-bond acceptors (Lipinski definition) is 3. The Morgan fingerprint density at radius 2 is 1.90 bits per heavy atom. The standard InChI is InChI=1S/C21H22F4N2O3S/c1-13(11-20(28)26-18-8-4-6-14-5-2-3-7-16(14)18)27-31(29,30)19-12-15(21(23,24)25)9-10-17(19)22/h2-3,5,7,9-10,12-13,18,27H,4,6,8,11H2,1H3,(H,26,28). The van der Waals surface area contributed by atoms with Gasteiger partial charge in [-0.05, 0) is 55.5 Å². The first-order valence-corrected chi connectivity index (χ1v) is 11.2. The van der Waals surface area contributed by atoms with Crippen molar-refractivity contribution in [2.24, 2.45) is 0 Å². The molecule has 3 rings (SSSR count). The van der Waals surface area contributed by atoms with Gasteiger partial charge in [0.1, 0.15) is 10.7 Å². The minimum absolute atomic E-state index is 0.192. The number of hydrogen-bond donors (Lipinski definition) is 2. The van der Waals surface area contributed by atoms with Gasteiger partial charge in [-0.25, -0.2) is 17.5 Å². The van der Waals surface area contributed by atoms with Crippen molar-refractivity contribution in [2.45, 2.75) is 55.8 Å². The van der Waals surface area contributed by atoms with Crippen LogP contribution in [-0.4, -0.2) is 20.4 Å². The number of carbonyl (C=O) groups is 1. The highest BCUT2D eigenvalue weighted by Gasteiger charge is 2.33. The largest absolute Gasteiger partial charge is 0.416 e. The summed E-state index contributed by atoms with van der Waals surface area (Å²) in [6.45, 7) is 1.39. The van der Waals surface area contributed by atoms with Crippen LogP contribution in [0.25, 0.3) is 0 Å². The van der Waals surface area contributed by atoms with E-state index in [9.17, 15) is 30.8 Å². The first-order chi connectivity index (χ1) is 14.5. The summed E-state index contributed by atoms with van der Waals surface area (Å²) in [7, 11) is -4.61. The fourth-order valence-corrected chi connectivity index (χ4v) is 5.04. The molecule has 168 valence electrons. The van der Waals surface area contributed by atoms with Gasteiger partial charge in [0, 0.05) is 12.5 Å². The Kier molecular flexibility index (Phi) is 6.70. The fourth-order valence-electron chi connectivity index (χ4n) is 3.69. The zero-order chi connectivity index (χ0) is 22.8. The molecule has 0 spiro atoms. The van der Waals surface area contributed by atoms with Gasteiger partial charge in [-0.3, -0.25) is 4.79 Å². The normalized spacial score (nSPS) is 17.6. The van der Waals surface area contributed by atoms with Crippen LogP contribution in [0.4, 0.5) is 17.6 Å². The molecule has 0 bridgehead atoms. The molecule has 2 unspecified atom stereocenters. The first-order valence-electron chi connectivity index (χ1n) is 9.73. The third kappa shape index (κ3) is 5.62. The molecule has 0 saturated heterocycles. The maximum atomic E-state index is 14.0. The summed E-state index contributed by atoms with van der Waals surface area (Å²) in [5, 5.41) is 2.88. The first kappa shape index (κ1) is 23.2. The van der Waals surface area contributed by atoms with Gasteiger partial charge in [0.05, 0.1) is 11.6 Å². The fraction of sp³-hybridized carbons (Fsp3) is 0.381. The van der Waals surface area contributed by atoms with Gasteiger partial charge in [0.25, 0.3) is 0 Å².